The maximum Gasteiger partial charge on any atom is 0.174 e. The van der Waals surface area contributed by atoms with E-state index in [-0.39, 0.29) is 0 Å². The van der Waals surface area contributed by atoms with Crippen LogP contribution < -0.4 is 9.47 Å². The largest absolute Gasteiger partial charge is 0.493 e. The molecule has 0 aliphatic rings. The average Bonchev–Trinajstić information content (AvgIpc) is 2.29. The third-order valence-electron chi connectivity index (χ3n) is 2.22. The molecule has 0 amide bonds. The molecule has 0 spiro atoms. The summed E-state index contributed by atoms with van der Waals surface area (Å²) in [6.45, 7) is 4.78. The van der Waals surface area contributed by atoms with E-state index in [1.807, 2.05) is 13.0 Å². The number of hydrogen-bond donors (Lipinski definition) is 0. The van der Waals surface area contributed by atoms with Crippen molar-refractivity contribution in [1.29, 1.82) is 0 Å². The smallest absolute Gasteiger partial charge is 0.174 e. The molecule has 0 aliphatic heterocycles. The Kier molecular flexibility index (Phi) is 4.82. The minimum Gasteiger partial charge on any atom is -0.493 e. The molecule has 0 saturated carbocycles. The summed E-state index contributed by atoms with van der Waals surface area (Å²) in [5, 5.41) is 0. The number of benzene rings is 1. The molecule has 0 fully saturated rings. The lowest BCUT2D eigenvalue weighted by Gasteiger charge is -2.14. The standard InChI is InChI=1S/C12H18O2S/c1-5-9-7-10(13-3)12(14-6-2)11(8-9)15-4/h7-8H,5-6H2,1-4H3. The molecule has 0 atom stereocenters. The van der Waals surface area contributed by atoms with Crippen LogP contribution in [0, 0.1) is 0 Å². The van der Waals surface area contributed by atoms with Gasteiger partial charge in [0.05, 0.1) is 18.6 Å². The van der Waals surface area contributed by atoms with Crippen LogP contribution in [0.25, 0.3) is 0 Å². The normalized spacial score (nSPS) is 10.1. The quantitative estimate of drug-likeness (QED) is 0.717. The minimum absolute atomic E-state index is 0.662. The fourth-order valence-corrected chi connectivity index (χ4v) is 2.04. The Bertz CT molecular complexity index is 298. The van der Waals surface area contributed by atoms with E-state index in [0.29, 0.717) is 6.61 Å². The van der Waals surface area contributed by atoms with Gasteiger partial charge in [0.25, 0.3) is 0 Å². The Labute approximate surface area is 96.0 Å². The summed E-state index contributed by atoms with van der Waals surface area (Å²) in [5.74, 6) is 1.70. The van der Waals surface area contributed by atoms with Gasteiger partial charge in [-0.2, -0.15) is 0 Å². The Morgan fingerprint density at radius 1 is 1.27 bits per heavy atom. The zero-order valence-electron chi connectivity index (χ0n) is 9.79. The second-order valence-electron chi connectivity index (χ2n) is 3.12. The Morgan fingerprint density at radius 2 is 2.00 bits per heavy atom. The third-order valence-corrected chi connectivity index (χ3v) is 2.96. The van der Waals surface area contributed by atoms with Gasteiger partial charge in [-0.25, -0.2) is 0 Å². The van der Waals surface area contributed by atoms with E-state index >= 15 is 0 Å². The van der Waals surface area contributed by atoms with E-state index in [1.165, 1.54) is 5.56 Å². The lowest BCUT2D eigenvalue weighted by atomic mass is 10.1. The van der Waals surface area contributed by atoms with Crippen LogP contribution in [-0.4, -0.2) is 20.0 Å². The van der Waals surface area contributed by atoms with Crippen LogP contribution >= 0.6 is 11.8 Å². The van der Waals surface area contributed by atoms with Crippen LogP contribution in [0.3, 0.4) is 0 Å². The fourth-order valence-electron chi connectivity index (χ4n) is 1.42. The molecule has 3 heteroatoms. The first-order chi connectivity index (χ1) is 7.26. The molecule has 1 rings (SSSR count). The van der Waals surface area contributed by atoms with Crippen LogP contribution in [0.15, 0.2) is 17.0 Å². The molecule has 0 bridgehead atoms. The molecule has 0 unspecified atom stereocenters. The van der Waals surface area contributed by atoms with Gasteiger partial charge in [0, 0.05) is 0 Å². The predicted molar refractivity (Wildman–Crippen MR) is 65.3 cm³/mol. The summed E-state index contributed by atoms with van der Waals surface area (Å²) < 4.78 is 10.9. The molecule has 0 heterocycles. The number of hydrogen-bond acceptors (Lipinski definition) is 3. The van der Waals surface area contributed by atoms with Gasteiger partial charge in [-0.05, 0) is 37.3 Å². The average molecular weight is 226 g/mol. The van der Waals surface area contributed by atoms with Crippen LogP contribution in [0.1, 0.15) is 19.4 Å². The third kappa shape index (κ3) is 2.81. The van der Waals surface area contributed by atoms with Crippen LogP contribution in [0.4, 0.5) is 0 Å². The summed E-state index contributed by atoms with van der Waals surface area (Å²) in [6, 6.07) is 4.21. The highest BCUT2D eigenvalue weighted by Gasteiger charge is 2.11. The minimum atomic E-state index is 0.662. The molecule has 0 saturated heterocycles. The molecular weight excluding hydrogens is 208 g/mol. The first-order valence-corrected chi connectivity index (χ1v) is 6.36. The van der Waals surface area contributed by atoms with Crippen molar-refractivity contribution in [3.63, 3.8) is 0 Å². The van der Waals surface area contributed by atoms with Crippen LogP contribution in [0.2, 0.25) is 0 Å². The Hall–Kier alpha value is -0.830. The fraction of sp³-hybridized carbons (Fsp3) is 0.500. The molecule has 2 nitrogen and oxygen atoms in total. The van der Waals surface area contributed by atoms with Gasteiger partial charge in [0.1, 0.15) is 0 Å². The predicted octanol–water partition coefficient (Wildman–Crippen LogP) is 3.38. The first-order valence-electron chi connectivity index (χ1n) is 5.14. The van der Waals surface area contributed by atoms with Crippen molar-refractivity contribution in [3.05, 3.63) is 17.7 Å². The van der Waals surface area contributed by atoms with E-state index in [4.69, 9.17) is 9.47 Å². The number of rotatable bonds is 5. The highest BCUT2D eigenvalue weighted by Crippen LogP contribution is 2.38. The Morgan fingerprint density at radius 3 is 2.47 bits per heavy atom. The van der Waals surface area contributed by atoms with Gasteiger partial charge < -0.3 is 9.47 Å². The SMILES string of the molecule is CCOc1c(OC)cc(CC)cc1SC. The molecule has 0 N–H and O–H groups in total. The van der Waals surface area contributed by atoms with Crippen molar-refractivity contribution in [2.24, 2.45) is 0 Å². The summed E-state index contributed by atoms with van der Waals surface area (Å²) in [5.41, 5.74) is 1.28. The van der Waals surface area contributed by atoms with Crippen LogP contribution in [0.5, 0.6) is 11.5 Å². The Balaban J connectivity index is 3.19. The van der Waals surface area contributed by atoms with Crippen molar-refractivity contribution in [2.75, 3.05) is 20.0 Å². The first kappa shape index (κ1) is 12.2. The van der Waals surface area contributed by atoms with E-state index in [1.54, 1.807) is 18.9 Å². The van der Waals surface area contributed by atoms with Crippen molar-refractivity contribution >= 4 is 11.8 Å². The zero-order valence-corrected chi connectivity index (χ0v) is 10.6. The van der Waals surface area contributed by atoms with Gasteiger partial charge in [-0.1, -0.05) is 6.92 Å². The van der Waals surface area contributed by atoms with Crippen molar-refractivity contribution in [3.8, 4) is 11.5 Å². The van der Waals surface area contributed by atoms with E-state index < -0.39 is 0 Å². The molecule has 84 valence electrons. The summed E-state index contributed by atoms with van der Waals surface area (Å²) in [4.78, 5) is 1.15. The highest BCUT2D eigenvalue weighted by molar-refractivity contribution is 7.98. The molecule has 0 aliphatic carbocycles. The van der Waals surface area contributed by atoms with Gasteiger partial charge in [-0.15, -0.1) is 11.8 Å². The summed E-state index contributed by atoms with van der Waals surface area (Å²) in [6.07, 6.45) is 3.06. The maximum atomic E-state index is 5.60. The monoisotopic (exact) mass is 226 g/mol. The lowest BCUT2D eigenvalue weighted by molar-refractivity contribution is 0.303. The topological polar surface area (TPSA) is 18.5 Å². The molecule has 15 heavy (non-hydrogen) atoms. The summed E-state index contributed by atoms with van der Waals surface area (Å²) in [7, 11) is 1.68. The second-order valence-corrected chi connectivity index (χ2v) is 3.96. The lowest BCUT2D eigenvalue weighted by Crippen LogP contribution is -1.98. The van der Waals surface area contributed by atoms with Crippen LogP contribution in [-0.2, 0) is 6.42 Å². The highest BCUT2D eigenvalue weighted by atomic mass is 32.2. The number of methoxy groups -OCH3 is 1. The number of thioether (sulfide) groups is 1. The van der Waals surface area contributed by atoms with Gasteiger partial charge >= 0.3 is 0 Å². The zero-order chi connectivity index (χ0) is 11.3. The molecular formula is C12H18O2S. The second kappa shape index (κ2) is 5.91. The number of ether oxygens (including phenoxy) is 2. The van der Waals surface area contributed by atoms with Crippen molar-refractivity contribution in [2.45, 2.75) is 25.2 Å². The van der Waals surface area contributed by atoms with Crippen molar-refractivity contribution in [1.82, 2.24) is 0 Å². The van der Waals surface area contributed by atoms with E-state index in [2.05, 4.69) is 19.2 Å². The van der Waals surface area contributed by atoms with Gasteiger partial charge in [-0.3, -0.25) is 0 Å². The van der Waals surface area contributed by atoms with E-state index in [9.17, 15) is 0 Å². The maximum absolute atomic E-state index is 5.60. The summed E-state index contributed by atoms with van der Waals surface area (Å²) >= 11 is 1.69. The molecule has 0 aromatic heterocycles. The molecule has 0 radical (unpaired) electrons. The molecule has 1 aromatic carbocycles. The number of aryl methyl sites for hydroxylation is 1. The van der Waals surface area contributed by atoms with Gasteiger partial charge in [0.2, 0.25) is 0 Å². The van der Waals surface area contributed by atoms with Gasteiger partial charge in [0.15, 0.2) is 11.5 Å². The van der Waals surface area contributed by atoms with Crippen molar-refractivity contribution < 1.29 is 9.47 Å². The molecule has 1 aromatic rings. The van der Waals surface area contributed by atoms with E-state index in [0.717, 1.165) is 22.8 Å².